The van der Waals surface area contributed by atoms with Gasteiger partial charge in [-0.3, -0.25) is 4.98 Å². The molecule has 1 aromatic rings. The van der Waals surface area contributed by atoms with Crippen LogP contribution in [0.1, 0.15) is 23.7 Å². The van der Waals surface area contributed by atoms with Gasteiger partial charge in [-0.1, -0.05) is 6.07 Å². The summed E-state index contributed by atoms with van der Waals surface area (Å²) in [5, 5.41) is 0. The summed E-state index contributed by atoms with van der Waals surface area (Å²) in [6.45, 7) is 5.37. The quantitative estimate of drug-likeness (QED) is 0.867. The fraction of sp³-hybridized carbons (Fsp3) is 0.643. The van der Waals surface area contributed by atoms with Crippen molar-refractivity contribution in [3.63, 3.8) is 0 Å². The minimum absolute atomic E-state index is 0.0806. The van der Waals surface area contributed by atoms with Crippen LogP contribution in [-0.2, 0) is 0 Å². The van der Waals surface area contributed by atoms with Gasteiger partial charge in [-0.15, -0.1) is 0 Å². The van der Waals surface area contributed by atoms with E-state index in [0.717, 1.165) is 37.3 Å². The lowest BCUT2D eigenvalue weighted by Crippen LogP contribution is -2.50. The van der Waals surface area contributed by atoms with Crippen molar-refractivity contribution in [1.29, 1.82) is 0 Å². The number of aromatic nitrogens is 1. The summed E-state index contributed by atoms with van der Waals surface area (Å²) in [6, 6.07) is 4.75. The average Bonchev–Trinajstić information content (AvgIpc) is 2.34. The molecule has 0 radical (unpaired) electrons. The van der Waals surface area contributed by atoms with E-state index in [0.29, 0.717) is 6.04 Å². The molecule has 18 heavy (non-hydrogen) atoms. The Morgan fingerprint density at radius 1 is 1.39 bits per heavy atom. The van der Waals surface area contributed by atoms with E-state index in [1.54, 1.807) is 0 Å². The van der Waals surface area contributed by atoms with Gasteiger partial charge < -0.3 is 15.5 Å². The van der Waals surface area contributed by atoms with E-state index in [9.17, 15) is 0 Å². The maximum atomic E-state index is 6.30. The fourth-order valence-corrected chi connectivity index (χ4v) is 2.48. The standard InChI is InChI=1S/C14H24N4/c1-11-4-5-12(9-16-11)14(15)8-13-10-17(2)6-7-18(13)3/h4-5,9,13-14H,6-8,10,15H2,1-3H3. The highest BCUT2D eigenvalue weighted by Gasteiger charge is 2.24. The first kappa shape index (κ1) is 13.5. The molecule has 1 aromatic heterocycles. The van der Waals surface area contributed by atoms with Crippen molar-refractivity contribution in [1.82, 2.24) is 14.8 Å². The molecule has 0 bridgehead atoms. The Bertz CT molecular complexity index is 376. The van der Waals surface area contributed by atoms with Crippen molar-refractivity contribution in [3.8, 4) is 0 Å². The number of nitrogens with two attached hydrogens (primary N) is 1. The van der Waals surface area contributed by atoms with E-state index >= 15 is 0 Å². The number of piperazine rings is 1. The van der Waals surface area contributed by atoms with E-state index in [1.807, 2.05) is 19.2 Å². The fourth-order valence-electron chi connectivity index (χ4n) is 2.48. The largest absolute Gasteiger partial charge is 0.324 e. The van der Waals surface area contributed by atoms with Gasteiger partial charge in [0, 0.05) is 43.6 Å². The summed E-state index contributed by atoms with van der Waals surface area (Å²) < 4.78 is 0. The Labute approximate surface area is 110 Å². The van der Waals surface area contributed by atoms with Crippen LogP contribution in [0.15, 0.2) is 18.3 Å². The van der Waals surface area contributed by atoms with Crippen LogP contribution in [0, 0.1) is 6.92 Å². The predicted molar refractivity (Wildman–Crippen MR) is 74.4 cm³/mol. The van der Waals surface area contributed by atoms with Gasteiger partial charge in [0.1, 0.15) is 0 Å². The summed E-state index contributed by atoms with van der Waals surface area (Å²) in [5.74, 6) is 0. The molecule has 2 N–H and O–H groups in total. The van der Waals surface area contributed by atoms with Gasteiger partial charge in [-0.05, 0) is 39.1 Å². The second-order valence-electron chi connectivity index (χ2n) is 5.47. The Hall–Kier alpha value is -0.970. The van der Waals surface area contributed by atoms with Crippen LogP contribution in [0.2, 0.25) is 0 Å². The monoisotopic (exact) mass is 248 g/mol. The van der Waals surface area contributed by atoms with Gasteiger partial charge >= 0.3 is 0 Å². The lowest BCUT2D eigenvalue weighted by molar-refractivity contribution is 0.104. The van der Waals surface area contributed by atoms with Gasteiger partial charge in [-0.2, -0.15) is 0 Å². The molecule has 0 aromatic carbocycles. The third kappa shape index (κ3) is 3.28. The molecule has 4 nitrogen and oxygen atoms in total. The zero-order valence-electron chi connectivity index (χ0n) is 11.6. The highest BCUT2D eigenvalue weighted by molar-refractivity contribution is 5.17. The maximum absolute atomic E-state index is 6.30. The molecular weight excluding hydrogens is 224 g/mol. The van der Waals surface area contributed by atoms with Gasteiger partial charge in [0.25, 0.3) is 0 Å². The van der Waals surface area contributed by atoms with E-state index < -0.39 is 0 Å². The van der Waals surface area contributed by atoms with Crippen LogP contribution in [0.4, 0.5) is 0 Å². The van der Waals surface area contributed by atoms with Crippen LogP contribution >= 0.6 is 0 Å². The van der Waals surface area contributed by atoms with Crippen molar-refractivity contribution >= 4 is 0 Å². The maximum Gasteiger partial charge on any atom is 0.0372 e. The smallest absolute Gasteiger partial charge is 0.0372 e. The Kier molecular flexibility index (Phi) is 4.32. The number of hydrogen-bond donors (Lipinski definition) is 1. The summed E-state index contributed by atoms with van der Waals surface area (Å²) >= 11 is 0. The molecule has 0 saturated carbocycles. The Balaban J connectivity index is 1.97. The highest BCUT2D eigenvalue weighted by atomic mass is 15.3. The number of aryl methyl sites for hydroxylation is 1. The molecule has 4 heteroatoms. The molecule has 2 atom stereocenters. The first-order valence-electron chi connectivity index (χ1n) is 6.63. The van der Waals surface area contributed by atoms with Crippen LogP contribution in [-0.4, -0.2) is 54.6 Å². The van der Waals surface area contributed by atoms with Crippen molar-refractivity contribution in [3.05, 3.63) is 29.6 Å². The minimum atomic E-state index is 0.0806. The normalized spacial score (nSPS) is 24.1. The minimum Gasteiger partial charge on any atom is -0.324 e. The second kappa shape index (κ2) is 5.78. The SMILES string of the molecule is Cc1ccc(C(N)CC2CN(C)CCN2C)cn1. The van der Waals surface area contributed by atoms with Crippen LogP contribution in [0.5, 0.6) is 0 Å². The second-order valence-corrected chi connectivity index (χ2v) is 5.47. The number of rotatable bonds is 3. The van der Waals surface area contributed by atoms with Gasteiger partial charge in [0.15, 0.2) is 0 Å². The van der Waals surface area contributed by atoms with Crippen molar-refractivity contribution in [2.45, 2.75) is 25.4 Å². The molecule has 0 spiro atoms. The summed E-state index contributed by atoms with van der Waals surface area (Å²) in [7, 11) is 4.37. The van der Waals surface area contributed by atoms with Crippen molar-refractivity contribution in [2.24, 2.45) is 5.73 Å². The first-order chi connectivity index (χ1) is 8.56. The summed E-state index contributed by atoms with van der Waals surface area (Å²) in [5.41, 5.74) is 8.48. The van der Waals surface area contributed by atoms with Gasteiger partial charge in [-0.25, -0.2) is 0 Å². The molecule has 2 heterocycles. The molecule has 1 aliphatic heterocycles. The number of likely N-dealkylation sites (N-methyl/N-ethyl adjacent to an activating group) is 2. The molecule has 1 fully saturated rings. The number of pyridine rings is 1. The van der Waals surface area contributed by atoms with E-state index in [-0.39, 0.29) is 6.04 Å². The van der Waals surface area contributed by atoms with Gasteiger partial charge in [0.05, 0.1) is 0 Å². The molecule has 1 saturated heterocycles. The average molecular weight is 248 g/mol. The van der Waals surface area contributed by atoms with Crippen molar-refractivity contribution in [2.75, 3.05) is 33.7 Å². The first-order valence-corrected chi connectivity index (χ1v) is 6.63. The molecule has 0 aliphatic carbocycles. The van der Waals surface area contributed by atoms with Crippen LogP contribution in [0.3, 0.4) is 0 Å². The molecule has 2 rings (SSSR count). The van der Waals surface area contributed by atoms with Crippen LogP contribution < -0.4 is 5.73 Å². The van der Waals surface area contributed by atoms with Crippen molar-refractivity contribution < 1.29 is 0 Å². The summed E-state index contributed by atoms with van der Waals surface area (Å²) in [4.78, 5) is 9.12. The zero-order chi connectivity index (χ0) is 13.1. The highest BCUT2D eigenvalue weighted by Crippen LogP contribution is 2.19. The third-order valence-electron chi connectivity index (χ3n) is 3.87. The number of hydrogen-bond acceptors (Lipinski definition) is 4. The summed E-state index contributed by atoms with van der Waals surface area (Å²) in [6.07, 6.45) is 2.90. The lowest BCUT2D eigenvalue weighted by Gasteiger charge is -2.38. The predicted octanol–water partition coefficient (Wildman–Crippen LogP) is 1.03. The molecular formula is C14H24N4. The van der Waals surface area contributed by atoms with Gasteiger partial charge in [0.2, 0.25) is 0 Å². The van der Waals surface area contributed by atoms with E-state index in [2.05, 4.69) is 34.9 Å². The molecule has 0 amide bonds. The lowest BCUT2D eigenvalue weighted by atomic mass is 9.99. The Morgan fingerprint density at radius 3 is 2.83 bits per heavy atom. The molecule has 2 unspecified atom stereocenters. The van der Waals surface area contributed by atoms with Crippen LogP contribution in [0.25, 0.3) is 0 Å². The number of nitrogens with zero attached hydrogens (tertiary/aromatic N) is 3. The molecule has 100 valence electrons. The topological polar surface area (TPSA) is 45.4 Å². The zero-order valence-corrected chi connectivity index (χ0v) is 11.6. The van der Waals surface area contributed by atoms with E-state index in [1.165, 1.54) is 0 Å². The van der Waals surface area contributed by atoms with E-state index in [4.69, 9.17) is 5.73 Å². The Morgan fingerprint density at radius 2 is 2.17 bits per heavy atom. The molecule has 1 aliphatic rings. The third-order valence-corrected chi connectivity index (χ3v) is 3.87.